The third-order valence-electron chi connectivity index (χ3n) is 6.28. The van der Waals surface area contributed by atoms with E-state index in [1.165, 1.54) is 0 Å². The molecule has 1 atom stereocenters. The highest BCUT2D eigenvalue weighted by molar-refractivity contribution is 6.05. The normalized spacial score (nSPS) is 15.3. The van der Waals surface area contributed by atoms with E-state index >= 15 is 0 Å². The minimum absolute atomic E-state index is 0.0485. The maximum atomic E-state index is 13.4. The van der Waals surface area contributed by atoms with Gasteiger partial charge in [0, 0.05) is 25.2 Å². The van der Waals surface area contributed by atoms with Crippen LogP contribution in [0.5, 0.6) is 0 Å². The van der Waals surface area contributed by atoms with Gasteiger partial charge in [0.15, 0.2) is 0 Å². The molecule has 0 bridgehead atoms. The Morgan fingerprint density at radius 1 is 0.875 bits per heavy atom. The van der Waals surface area contributed by atoms with Crippen LogP contribution in [0.2, 0.25) is 0 Å². The molecule has 3 aromatic carbocycles. The summed E-state index contributed by atoms with van der Waals surface area (Å²) in [7, 11) is 0. The fourth-order valence-corrected chi connectivity index (χ4v) is 4.66. The first-order chi connectivity index (χ1) is 15.7. The smallest absolute Gasteiger partial charge is 0.261 e. The van der Waals surface area contributed by atoms with E-state index in [-0.39, 0.29) is 17.4 Å². The molecule has 1 amide bonds. The second-order valence-corrected chi connectivity index (χ2v) is 8.14. The van der Waals surface area contributed by atoms with Crippen LogP contribution in [-0.4, -0.2) is 22.0 Å². The van der Waals surface area contributed by atoms with Gasteiger partial charge in [0.25, 0.3) is 5.56 Å². The molecule has 160 valence electrons. The van der Waals surface area contributed by atoms with Gasteiger partial charge in [-0.05, 0) is 42.7 Å². The fraction of sp³-hybridized carbons (Fsp3) is 0.222. The first-order valence-electron chi connectivity index (χ1n) is 11.1. The first kappa shape index (κ1) is 20.2. The SMILES string of the molecule is CCN1C(=O)[C@H](Cc2nc3ccccc3c(=O)n2CCc2ccccc2)c2ccccc21. The van der Waals surface area contributed by atoms with Crippen LogP contribution in [0.25, 0.3) is 10.9 Å². The molecule has 1 aliphatic rings. The number of rotatable bonds is 6. The van der Waals surface area contributed by atoms with Crippen LogP contribution in [0, 0.1) is 0 Å². The number of carbonyl (C=O) groups is 1. The molecule has 5 nitrogen and oxygen atoms in total. The fourth-order valence-electron chi connectivity index (χ4n) is 4.66. The van der Waals surface area contributed by atoms with Crippen molar-refractivity contribution < 1.29 is 4.79 Å². The van der Waals surface area contributed by atoms with Crippen molar-refractivity contribution in [1.29, 1.82) is 0 Å². The highest BCUT2D eigenvalue weighted by Crippen LogP contribution is 2.38. The molecule has 0 spiro atoms. The Morgan fingerprint density at radius 3 is 2.41 bits per heavy atom. The van der Waals surface area contributed by atoms with Crippen LogP contribution in [0.3, 0.4) is 0 Å². The van der Waals surface area contributed by atoms with Gasteiger partial charge in [-0.15, -0.1) is 0 Å². The molecule has 1 aromatic heterocycles. The van der Waals surface area contributed by atoms with Gasteiger partial charge in [0.05, 0.1) is 16.8 Å². The summed E-state index contributed by atoms with van der Waals surface area (Å²) in [6.45, 7) is 3.13. The van der Waals surface area contributed by atoms with Gasteiger partial charge in [-0.25, -0.2) is 4.98 Å². The number of fused-ring (bicyclic) bond motifs is 2. The molecule has 0 radical (unpaired) electrons. The molecule has 0 saturated carbocycles. The number of likely N-dealkylation sites (N-methyl/N-ethyl adjacent to an activating group) is 1. The summed E-state index contributed by atoms with van der Waals surface area (Å²) in [5.41, 5.74) is 3.76. The Morgan fingerprint density at radius 2 is 1.59 bits per heavy atom. The molecule has 0 N–H and O–H groups in total. The number of amides is 1. The topological polar surface area (TPSA) is 55.2 Å². The second-order valence-electron chi connectivity index (χ2n) is 8.14. The Kier molecular flexibility index (Phi) is 5.31. The maximum Gasteiger partial charge on any atom is 0.261 e. The molecule has 32 heavy (non-hydrogen) atoms. The molecular weight excluding hydrogens is 398 g/mol. The zero-order chi connectivity index (χ0) is 22.1. The van der Waals surface area contributed by atoms with Gasteiger partial charge < -0.3 is 4.90 Å². The summed E-state index contributed by atoms with van der Waals surface area (Å²) >= 11 is 0. The zero-order valence-corrected chi connectivity index (χ0v) is 18.1. The van der Waals surface area contributed by atoms with Crippen LogP contribution < -0.4 is 10.5 Å². The average Bonchev–Trinajstić information content (AvgIpc) is 3.10. The van der Waals surface area contributed by atoms with Crippen molar-refractivity contribution in [2.24, 2.45) is 0 Å². The molecule has 1 aliphatic heterocycles. The van der Waals surface area contributed by atoms with E-state index in [0.29, 0.717) is 36.2 Å². The Balaban J connectivity index is 1.57. The minimum atomic E-state index is -0.331. The van der Waals surface area contributed by atoms with Gasteiger partial charge in [-0.2, -0.15) is 0 Å². The van der Waals surface area contributed by atoms with Crippen molar-refractivity contribution in [3.05, 3.63) is 106 Å². The lowest BCUT2D eigenvalue weighted by atomic mass is 9.96. The molecular formula is C27H25N3O2. The molecule has 0 saturated heterocycles. The monoisotopic (exact) mass is 423 g/mol. The van der Waals surface area contributed by atoms with E-state index in [4.69, 9.17) is 4.98 Å². The predicted octanol–water partition coefficient (Wildman–Crippen LogP) is 4.33. The highest BCUT2D eigenvalue weighted by atomic mass is 16.2. The van der Waals surface area contributed by atoms with Crippen LogP contribution in [0.15, 0.2) is 83.7 Å². The summed E-state index contributed by atoms with van der Waals surface area (Å²) in [6.07, 6.45) is 1.13. The molecule has 5 heteroatoms. The zero-order valence-electron chi connectivity index (χ0n) is 18.1. The Labute approximate surface area is 187 Å². The quantitative estimate of drug-likeness (QED) is 0.464. The number of hydrogen-bond donors (Lipinski definition) is 0. The van der Waals surface area contributed by atoms with Crippen molar-refractivity contribution in [3.63, 3.8) is 0 Å². The third kappa shape index (κ3) is 3.50. The summed E-state index contributed by atoms with van der Waals surface area (Å²) < 4.78 is 1.76. The average molecular weight is 424 g/mol. The van der Waals surface area contributed by atoms with Crippen molar-refractivity contribution in [3.8, 4) is 0 Å². The molecule has 4 aromatic rings. The number of nitrogens with zero attached hydrogens (tertiary/aromatic N) is 3. The van der Waals surface area contributed by atoms with Gasteiger partial charge in [0.1, 0.15) is 5.82 Å². The number of benzene rings is 3. The van der Waals surface area contributed by atoms with E-state index in [1.807, 2.05) is 78.6 Å². The molecule has 2 heterocycles. The van der Waals surface area contributed by atoms with E-state index in [9.17, 15) is 9.59 Å². The summed E-state index contributed by atoms with van der Waals surface area (Å²) in [4.78, 5) is 33.4. The number of hydrogen-bond acceptors (Lipinski definition) is 3. The molecule has 0 unspecified atom stereocenters. The van der Waals surface area contributed by atoms with Crippen molar-refractivity contribution in [1.82, 2.24) is 9.55 Å². The number of anilines is 1. The standard InChI is InChI=1S/C27H25N3O2/c1-2-29-24-15-9-7-12-20(24)22(27(29)32)18-25-28-23-14-8-6-13-21(23)26(31)30(25)17-16-19-10-4-3-5-11-19/h3-15,22H,2,16-18H2,1H3/t22-/m1/s1. The highest BCUT2D eigenvalue weighted by Gasteiger charge is 2.37. The van der Waals surface area contributed by atoms with Crippen molar-refractivity contribution in [2.75, 3.05) is 11.4 Å². The van der Waals surface area contributed by atoms with Crippen LogP contribution in [0.1, 0.15) is 29.8 Å². The van der Waals surface area contributed by atoms with E-state index in [0.717, 1.165) is 23.2 Å². The lowest BCUT2D eigenvalue weighted by Gasteiger charge is -2.17. The van der Waals surface area contributed by atoms with Crippen LogP contribution >= 0.6 is 0 Å². The lowest BCUT2D eigenvalue weighted by molar-refractivity contribution is -0.119. The van der Waals surface area contributed by atoms with Crippen LogP contribution in [0.4, 0.5) is 5.69 Å². The first-order valence-corrected chi connectivity index (χ1v) is 11.1. The number of para-hydroxylation sites is 2. The van der Waals surface area contributed by atoms with E-state index < -0.39 is 0 Å². The second kappa shape index (κ2) is 8.42. The van der Waals surface area contributed by atoms with Crippen LogP contribution in [-0.2, 0) is 24.2 Å². The summed E-state index contributed by atoms with van der Waals surface area (Å²) in [5.74, 6) is 0.406. The third-order valence-corrected chi connectivity index (χ3v) is 6.28. The predicted molar refractivity (Wildman–Crippen MR) is 127 cm³/mol. The lowest BCUT2D eigenvalue weighted by Crippen LogP contribution is -2.31. The molecule has 5 rings (SSSR count). The van der Waals surface area contributed by atoms with E-state index in [2.05, 4.69) is 12.1 Å². The molecule has 0 fully saturated rings. The number of aromatic nitrogens is 2. The van der Waals surface area contributed by atoms with Crippen molar-refractivity contribution in [2.45, 2.75) is 32.2 Å². The van der Waals surface area contributed by atoms with E-state index in [1.54, 1.807) is 4.57 Å². The van der Waals surface area contributed by atoms with Crippen molar-refractivity contribution >= 4 is 22.5 Å². The number of aryl methyl sites for hydroxylation is 1. The van der Waals surface area contributed by atoms with Gasteiger partial charge in [-0.1, -0.05) is 60.7 Å². The van der Waals surface area contributed by atoms with Gasteiger partial charge in [-0.3, -0.25) is 14.2 Å². The largest absolute Gasteiger partial charge is 0.312 e. The molecule has 0 aliphatic carbocycles. The number of carbonyl (C=O) groups excluding carboxylic acids is 1. The summed E-state index contributed by atoms with van der Waals surface area (Å²) in [6, 6.07) is 25.5. The van der Waals surface area contributed by atoms with Gasteiger partial charge in [0.2, 0.25) is 5.91 Å². The summed E-state index contributed by atoms with van der Waals surface area (Å²) in [5, 5.41) is 0.609. The minimum Gasteiger partial charge on any atom is -0.312 e. The Hall–Kier alpha value is -3.73. The van der Waals surface area contributed by atoms with Gasteiger partial charge >= 0.3 is 0 Å². The Bertz CT molecular complexity index is 1340. The maximum absolute atomic E-state index is 13.4.